The van der Waals surface area contributed by atoms with Crippen molar-refractivity contribution in [2.45, 2.75) is 66.6 Å². The van der Waals surface area contributed by atoms with Gasteiger partial charge in [-0.3, -0.25) is 4.90 Å². The van der Waals surface area contributed by atoms with Gasteiger partial charge in [-0.1, -0.05) is 6.92 Å². The molecule has 0 aliphatic carbocycles. The highest BCUT2D eigenvalue weighted by Crippen LogP contribution is 2.10. The summed E-state index contributed by atoms with van der Waals surface area (Å²) >= 11 is 0. The van der Waals surface area contributed by atoms with Crippen molar-refractivity contribution in [1.29, 1.82) is 0 Å². The molecule has 0 bridgehead atoms. The molecule has 98 valence electrons. The van der Waals surface area contributed by atoms with Crippen LogP contribution in [0.5, 0.6) is 0 Å². The second kappa shape index (κ2) is 7.29. The van der Waals surface area contributed by atoms with Crippen LogP contribution in [0.1, 0.15) is 48.5 Å². The number of hydrogen-bond donors (Lipinski definition) is 0. The maximum atomic E-state index is 2.58. The summed E-state index contributed by atoms with van der Waals surface area (Å²) in [7, 11) is 2.22. The molecular weight excluding hydrogens is 196 g/mol. The average molecular weight is 228 g/mol. The van der Waals surface area contributed by atoms with Crippen LogP contribution >= 0.6 is 0 Å². The van der Waals surface area contributed by atoms with Gasteiger partial charge in [-0.05, 0) is 54.5 Å². The Morgan fingerprint density at radius 2 is 1.12 bits per heavy atom. The predicted octanol–water partition coefficient (Wildman–Crippen LogP) is 3.08. The van der Waals surface area contributed by atoms with Crippen LogP contribution in [-0.2, 0) is 0 Å². The Bertz CT molecular complexity index is 168. The standard InChI is InChI=1S/C14H32N2/c1-11(2)15(8)9-14(7)10-16(12(3)4)13(5)6/h11-14H,9-10H2,1-8H3. The van der Waals surface area contributed by atoms with Crippen LogP contribution in [-0.4, -0.2) is 48.1 Å². The molecule has 0 aliphatic heterocycles. The molecule has 1 unspecified atom stereocenters. The fourth-order valence-corrected chi connectivity index (χ4v) is 2.14. The van der Waals surface area contributed by atoms with E-state index >= 15 is 0 Å². The third kappa shape index (κ3) is 5.86. The molecule has 0 aromatic heterocycles. The monoisotopic (exact) mass is 228 g/mol. The van der Waals surface area contributed by atoms with Gasteiger partial charge in [-0.25, -0.2) is 0 Å². The van der Waals surface area contributed by atoms with Crippen molar-refractivity contribution in [1.82, 2.24) is 9.80 Å². The average Bonchev–Trinajstić information content (AvgIpc) is 2.12. The fraction of sp³-hybridized carbons (Fsp3) is 1.00. The van der Waals surface area contributed by atoms with Crippen molar-refractivity contribution in [3.05, 3.63) is 0 Å². The first-order valence-electron chi connectivity index (χ1n) is 6.71. The third-order valence-corrected chi connectivity index (χ3v) is 3.33. The van der Waals surface area contributed by atoms with Gasteiger partial charge in [0.25, 0.3) is 0 Å². The first-order chi connectivity index (χ1) is 7.25. The highest BCUT2D eigenvalue weighted by atomic mass is 15.2. The minimum atomic E-state index is 0.645. The van der Waals surface area contributed by atoms with E-state index in [1.165, 1.54) is 13.1 Å². The predicted molar refractivity (Wildman–Crippen MR) is 73.9 cm³/mol. The Kier molecular flexibility index (Phi) is 7.25. The lowest BCUT2D eigenvalue weighted by Crippen LogP contribution is -2.43. The van der Waals surface area contributed by atoms with Crippen molar-refractivity contribution in [3.8, 4) is 0 Å². The van der Waals surface area contributed by atoms with Crippen molar-refractivity contribution in [2.24, 2.45) is 5.92 Å². The molecule has 0 fully saturated rings. The molecule has 0 amide bonds. The molecule has 1 atom stereocenters. The van der Waals surface area contributed by atoms with E-state index < -0.39 is 0 Å². The van der Waals surface area contributed by atoms with Gasteiger partial charge in [0.1, 0.15) is 0 Å². The third-order valence-electron chi connectivity index (χ3n) is 3.33. The van der Waals surface area contributed by atoms with Crippen LogP contribution in [0.4, 0.5) is 0 Å². The summed E-state index contributed by atoms with van der Waals surface area (Å²) in [6.45, 7) is 18.4. The van der Waals surface area contributed by atoms with Gasteiger partial charge in [0, 0.05) is 31.2 Å². The Morgan fingerprint density at radius 1 is 0.688 bits per heavy atom. The van der Waals surface area contributed by atoms with Gasteiger partial charge >= 0.3 is 0 Å². The number of rotatable bonds is 7. The van der Waals surface area contributed by atoms with Gasteiger partial charge in [-0.2, -0.15) is 0 Å². The zero-order valence-corrected chi connectivity index (χ0v) is 12.6. The van der Waals surface area contributed by atoms with Crippen molar-refractivity contribution in [3.63, 3.8) is 0 Å². The van der Waals surface area contributed by atoms with E-state index in [0.29, 0.717) is 18.1 Å². The van der Waals surface area contributed by atoms with E-state index in [-0.39, 0.29) is 0 Å². The summed E-state index contributed by atoms with van der Waals surface area (Å²) in [5, 5.41) is 0. The normalized spacial score (nSPS) is 14.8. The van der Waals surface area contributed by atoms with Gasteiger partial charge in [-0.15, -0.1) is 0 Å². The molecule has 0 spiro atoms. The molecule has 16 heavy (non-hydrogen) atoms. The second-order valence-corrected chi connectivity index (χ2v) is 6.02. The zero-order chi connectivity index (χ0) is 12.9. The Labute approximate surface area is 103 Å². The molecule has 2 nitrogen and oxygen atoms in total. The van der Waals surface area contributed by atoms with E-state index in [9.17, 15) is 0 Å². The number of hydrogen-bond acceptors (Lipinski definition) is 2. The molecule has 0 aromatic carbocycles. The maximum absolute atomic E-state index is 2.58. The number of nitrogens with zero attached hydrogens (tertiary/aromatic N) is 2. The van der Waals surface area contributed by atoms with Crippen LogP contribution in [0, 0.1) is 5.92 Å². The Hall–Kier alpha value is -0.0800. The summed E-state index contributed by atoms with van der Waals surface area (Å²) < 4.78 is 0. The summed E-state index contributed by atoms with van der Waals surface area (Å²) in [5.74, 6) is 0.734. The fourth-order valence-electron chi connectivity index (χ4n) is 2.14. The van der Waals surface area contributed by atoms with E-state index in [0.717, 1.165) is 5.92 Å². The molecule has 0 heterocycles. The van der Waals surface area contributed by atoms with Crippen LogP contribution in [0.15, 0.2) is 0 Å². The quantitative estimate of drug-likeness (QED) is 0.661. The molecule has 0 radical (unpaired) electrons. The summed E-state index contributed by atoms with van der Waals surface area (Å²) in [6, 6.07) is 1.94. The molecule has 0 aromatic rings. The van der Waals surface area contributed by atoms with E-state index in [4.69, 9.17) is 0 Å². The Morgan fingerprint density at radius 3 is 1.44 bits per heavy atom. The smallest absolute Gasteiger partial charge is 0.00414 e. The Balaban J connectivity index is 4.15. The molecule has 0 N–H and O–H groups in total. The second-order valence-electron chi connectivity index (χ2n) is 6.02. The largest absolute Gasteiger partial charge is 0.304 e. The van der Waals surface area contributed by atoms with Crippen LogP contribution in [0.2, 0.25) is 0 Å². The lowest BCUT2D eigenvalue weighted by molar-refractivity contribution is 0.129. The lowest BCUT2D eigenvalue weighted by atomic mass is 10.1. The van der Waals surface area contributed by atoms with Crippen molar-refractivity contribution >= 4 is 0 Å². The first kappa shape index (κ1) is 15.9. The highest BCUT2D eigenvalue weighted by Gasteiger charge is 2.17. The van der Waals surface area contributed by atoms with Gasteiger partial charge in [0.15, 0.2) is 0 Å². The van der Waals surface area contributed by atoms with Crippen LogP contribution in [0.25, 0.3) is 0 Å². The summed E-state index contributed by atoms with van der Waals surface area (Å²) in [4.78, 5) is 5.02. The van der Waals surface area contributed by atoms with Crippen LogP contribution < -0.4 is 0 Å². The maximum Gasteiger partial charge on any atom is 0.00414 e. The molecule has 0 aliphatic rings. The van der Waals surface area contributed by atoms with E-state index in [1.54, 1.807) is 0 Å². The summed E-state index contributed by atoms with van der Waals surface area (Å²) in [5.41, 5.74) is 0. The SMILES string of the molecule is CC(CN(C)C(C)C)CN(C(C)C)C(C)C. The van der Waals surface area contributed by atoms with E-state index in [2.05, 4.69) is 65.3 Å². The highest BCUT2D eigenvalue weighted by molar-refractivity contribution is 4.72. The lowest BCUT2D eigenvalue weighted by Gasteiger charge is -2.34. The molecular formula is C14H32N2. The minimum Gasteiger partial charge on any atom is -0.304 e. The van der Waals surface area contributed by atoms with Gasteiger partial charge < -0.3 is 4.90 Å². The topological polar surface area (TPSA) is 6.48 Å². The first-order valence-corrected chi connectivity index (χ1v) is 6.71. The van der Waals surface area contributed by atoms with Crippen molar-refractivity contribution < 1.29 is 0 Å². The minimum absolute atomic E-state index is 0.645. The summed E-state index contributed by atoms with van der Waals surface area (Å²) in [6.07, 6.45) is 0. The molecule has 0 saturated heterocycles. The van der Waals surface area contributed by atoms with Crippen LogP contribution in [0.3, 0.4) is 0 Å². The molecule has 0 rings (SSSR count). The van der Waals surface area contributed by atoms with Crippen molar-refractivity contribution in [2.75, 3.05) is 20.1 Å². The van der Waals surface area contributed by atoms with E-state index in [1.807, 2.05) is 0 Å². The van der Waals surface area contributed by atoms with Gasteiger partial charge in [0.05, 0.1) is 0 Å². The zero-order valence-electron chi connectivity index (χ0n) is 12.6. The molecule has 2 heteroatoms. The molecule has 0 saturated carbocycles. The van der Waals surface area contributed by atoms with Gasteiger partial charge in [0.2, 0.25) is 0 Å².